The summed E-state index contributed by atoms with van der Waals surface area (Å²) in [6.07, 6.45) is 0. The minimum atomic E-state index is 0.649. The first-order valence-corrected chi connectivity index (χ1v) is 19.6. The van der Waals surface area contributed by atoms with Crippen LogP contribution in [0.1, 0.15) is 0 Å². The first-order valence-electron chi connectivity index (χ1n) is 18.8. The van der Waals surface area contributed by atoms with E-state index in [2.05, 4.69) is 162 Å². The fraction of sp³-hybridized carbons (Fsp3) is 0. The fourth-order valence-corrected chi connectivity index (χ4v) is 9.15. The molecule has 0 aliphatic rings. The Morgan fingerprint density at radius 1 is 0.339 bits per heavy atom. The van der Waals surface area contributed by atoms with Crippen molar-refractivity contribution in [3.63, 3.8) is 0 Å². The molecule has 0 unspecified atom stereocenters. The molecule has 56 heavy (non-hydrogen) atoms. The number of rotatable bonds is 6. The zero-order chi connectivity index (χ0) is 37.0. The highest BCUT2D eigenvalue weighted by molar-refractivity contribution is 7.26. The maximum Gasteiger partial charge on any atom is 0.164 e. The van der Waals surface area contributed by atoms with Gasteiger partial charge in [-0.1, -0.05) is 140 Å². The van der Waals surface area contributed by atoms with Gasteiger partial charge in [0.05, 0.1) is 11.0 Å². The number of hydrogen-bond donors (Lipinski definition) is 0. The SMILES string of the molecule is c1ccc(-c2cc(-c3nc(-c4ccccc4)nc(-c4ccccc4)n3)c3c(c2)sc2ccc(-c4ccc5c(c4)c4ccccc4n5-c4ccccc4)cc23)cc1. The Kier molecular flexibility index (Phi) is 7.64. The molecular weight excluding hydrogens is 701 g/mol. The molecule has 3 aromatic heterocycles. The predicted octanol–water partition coefficient (Wildman–Crippen LogP) is 13.7. The second-order valence-electron chi connectivity index (χ2n) is 14.0. The molecule has 0 fully saturated rings. The molecule has 8 aromatic carbocycles. The van der Waals surface area contributed by atoms with Gasteiger partial charge in [-0.15, -0.1) is 11.3 Å². The van der Waals surface area contributed by atoms with Crippen molar-refractivity contribution in [3.8, 4) is 62.1 Å². The molecular formula is C51H32N4S. The van der Waals surface area contributed by atoms with Crippen molar-refractivity contribution in [2.45, 2.75) is 0 Å². The molecule has 0 radical (unpaired) electrons. The summed E-state index contributed by atoms with van der Waals surface area (Å²) in [5.41, 5.74) is 11.1. The van der Waals surface area contributed by atoms with E-state index in [1.165, 1.54) is 47.7 Å². The summed E-state index contributed by atoms with van der Waals surface area (Å²) in [7, 11) is 0. The van der Waals surface area contributed by atoms with Gasteiger partial charge >= 0.3 is 0 Å². The van der Waals surface area contributed by atoms with Crippen molar-refractivity contribution in [3.05, 3.63) is 194 Å². The van der Waals surface area contributed by atoms with E-state index >= 15 is 0 Å². The molecule has 0 saturated carbocycles. The lowest BCUT2D eigenvalue weighted by Crippen LogP contribution is -2.00. The van der Waals surface area contributed by atoms with Crippen molar-refractivity contribution in [2.75, 3.05) is 0 Å². The number of benzene rings is 8. The first-order chi connectivity index (χ1) is 27.7. The van der Waals surface area contributed by atoms with Gasteiger partial charge in [0.2, 0.25) is 0 Å². The van der Waals surface area contributed by atoms with Gasteiger partial charge in [0.25, 0.3) is 0 Å². The summed E-state index contributed by atoms with van der Waals surface area (Å²) >= 11 is 1.82. The van der Waals surface area contributed by atoms with Gasteiger partial charge in [-0.05, 0) is 76.9 Å². The van der Waals surface area contributed by atoms with Crippen LogP contribution in [0.2, 0.25) is 0 Å². The molecule has 262 valence electrons. The molecule has 0 atom stereocenters. The quantitative estimate of drug-likeness (QED) is 0.171. The van der Waals surface area contributed by atoms with E-state index < -0.39 is 0 Å². The summed E-state index contributed by atoms with van der Waals surface area (Å²) in [5.74, 6) is 1.95. The number of hydrogen-bond acceptors (Lipinski definition) is 4. The lowest BCUT2D eigenvalue weighted by molar-refractivity contribution is 1.08. The standard InChI is InChI=1S/C51H32N4S/c1-5-15-33(16-6-1)38-31-43(51-53-49(34-17-7-2-8-18-34)52-50(54-51)35-19-9-3-10-20-35)48-42-30-37(26-28-46(42)56-47(48)32-38)36-25-27-45-41(29-36)40-23-13-14-24-44(40)55(45)39-21-11-4-12-22-39/h1-32H. The van der Waals surface area contributed by atoms with Crippen molar-refractivity contribution >= 4 is 53.3 Å². The molecule has 0 N–H and O–H groups in total. The van der Waals surface area contributed by atoms with Crippen molar-refractivity contribution < 1.29 is 0 Å². The highest BCUT2D eigenvalue weighted by Crippen LogP contribution is 2.44. The van der Waals surface area contributed by atoms with Crippen molar-refractivity contribution in [1.29, 1.82) is 0 Å². The van der Waals surface area contributed by atoms with Crippen LogP contribution in [0.5, 0.6) is 0 Å². The summed E-state index contributed by atoms with van der Waals surface area (Å²) in [5, 5.41) is 4.81. The monoisotopic (exact) mass is 732 g/mol. The van der Waals surface area contributed by atoms with E-state index in [-0.39, 0.29) is 0 Å². The molecule has 11 rings (SSSR count). The van der Waals surface area contributed by atoms with Gasteiger partial charge in [0.15, 0.2) is 17.5 Å². The fourth-order valence-electron chi connectivity index (χ4n) is 8.00. The van der Waals surface area contributed by atoms with Gasteiger partial charge in [0.1, 0.15) is 0 Å². The van der Waals surface area contributed by atoms with E-state index in [4.69, 9.17) is 15.0 Å². The van der Waals surface area contributed by atoms with Crippen LogP contribution in [-0.4, -0.2) is 19.5 Å². The zero-order valence-corrected chi connectivity index (χ0v) is 31.0. The highest BCUT2D eigenvalue weighted by Gasteiger charge is 2.20. The van der Waals surface area contributed by atoms with Crippen LogP contribution >= 0.6 is 11.3 Å². The number of aromatic nitrogens is 4. The Hall–Kier alpha value is -7.21. The summed E-state index contributed by atoms with van der Waals surface area (Å²) in [4.78, 5) is 15.5. The van der Waals surface area contributed by atoms with Crippen LogP contribution in [0.25, 0.3) is 104 Å². The molecule has 5 heteroatoms. The van der Waals surface area contributed by atoms with Gasteiger partial charge < -0.3 is 4.57 Å². The third kappa shape index (κ3) is 5.48. The highest BCUT2D eigenvalue weighted by atomic mass is 32.1. The van der Waals surface area contributed by atoms with Crippen molar-refractivity contribution in [1.82, 2.24) is 19.5 Å². The smallest absolute Gasteiger partial charge is 0.164 e. The molecule has 0 aliphatic heterocycles. The Labute approximate surface area is 327 Å². The normalized spacial score (nSPS) is 11.6. The van der Waals surface area contributed by atoms with Gasteiger partial charge in [-0.3, -0.25) is 0 Å². The molecule has 0 spiro atoms. The Morgan fingerprint density at radius 3 is 1.55 bits per heavy atom. The zero-order valence-electron chi connectivity index (χ0n) is 30.2. The molecule has 11 aromatic rings. The van der Waals surface area contributed by atoms with Crippen LogP contribution in [0, 0.1) is 0 Å². The lowest BCUT2D eigenvalue weighted by atomic mass is 9.96. The predicted molar refractivity (Wildman–Crippen MR) is 234 cm³/mol. The molecule has 4 nitrogen and oxygen atoms in total. The minimum Gasteiger partial charge on any atom is -0.309 e. The maximum atomic E-state index is 5.22. The second-order valence-corrected chi connectivity index (χ2v) is 15.1. The lowest BCUT2D eigenvalue weighted by Gasteiger charge is -2.12. The minimum absolute atomic E-state index is 0.649. The van der Waals surface area contributed by atoms with Crippen molar-refractivity contribution in [2.24, 2.45) is 0 Å². The number of fused-ring (bicyclic) bond motifs is 6. The average molecular weight is 733 g/mol. The van der Waals surface area contributed by atoms with Gasteiger partial charge in [-0.2, -0.15) is 0 Å². The molecule has 0 bridgehead atoms. The number of nitrogens with zero attached hydrogens (tertiary/aromatic N) is 4. The van der Waals surface area contributed by atoms with Gasteiger partial charge in [0, 0.05) is 53.3 Å². The topological polar surface area (TPSA) is 43.6 Å². The van der Waals surface area contributed by atoms with E-state index in [0.29, 0.717) is 17.5 Å². The van der Waals surface area contributed by atoms with Crippen LogP contribution in [0.4, 0.5) is 0 Å². The maximum absolute atomic E-state index is 5.22. The molecule has 0 aliphatic carbocycles. The number of para-hydroxylation sites is 2. The summed E-state index contributed by atoms with van der Waals surface area (Å²) in [6.45, 7) is 0. The molecule has 0 saturated heterocycles. The van der Waals surface area contributed by atoms with Crippen LogP contribution in [-0.2, 0) is 0 Å². The Morgan fingerprint density at radius 2 is 0.875 bits per heavy atom. The van der Waals surface area contributed by atoms with E-state index in [9.17, 15) is 0 Å². The third-order valence-electron chi connectivity index (χ3n) is 10.6. The number of thiophene rings is 1. The van der Waals surface area contributed by atoms with Crippen LogP contribution in [0.15, 0.2) is 194 Å². The van der Waals surface area contributed by atoms with E-state index in [1.807, 2.05) is 47.7 Å². The van der Waals surface area contributed by atoms with Gasteiger partial charge in [-0.25, -0.2) is 15.0 Å². The van der Waals surface area contributed by atoms with E-state index in [1.54, 1.807) is 0 Å². The first kappa shape index (κ1) is 32.2. The molecule has 3 heterocycles. The second kappa shape index (κ2) is 13.3. The van der Waals surface area contributed by atoms with E-state index in [0.717, 1.165) is 38.9 Å². The Bertz CT molecular complexity index is 3170. The third-order valence-corrected chi connectivity index (χ3v) is 11.8. The van der Waals surface area contributed by atoms with Crippen LogP contribution < -0.4 is 0 Å². The summed E-state index contributed by atoms with van der Waals surface area (Å²) in [6, 6.07) is 68.6. The average Bonchev–Trinajstić information content (AvgIpc) is 3.82. The Balaban J connectivity index is 1.15. The summed E-state index contributed by atoms with van der Waals surface area (Å²) < 4.78 is 4.78. The van der Waals surface area contributed by atoms with Crippen LogP contribution in [0.3, 0.4) is 0 Å². The molecule has 0 amide bonds. The largest absolute Gasteiger partial charge is 0.309 e.